The van der Waals surface area contributed by atoms with Gasteiger partial charge in [0.05, 0.1) is 38.9 Å². The second-order valence-electron chi connectivity index (χ2n) is 12.1. The number of amides is 2. The highest BCUT2D eigenvalue weighted by Gasteiger charge is 2.44. The average Bonchev–Trinajstić information content (AvgIpc) is 3.77. The summed E-state index contributed by atoms with van der Waals surface area (Å²) in [6.45, 7) is 0. The quantitative estimate of drug-likeness (QED) is 0.182. The lowest BCUT2D eigenvalue weighted by molar-refractivity contribution is 0.0924. The van der Waals surface area contributed by atoms with Gasteiger partial charge in [0.15, 0.2) is 0 Å². The Bertz CT molecular complexity index is 2650. The number of carbonyl (C=O) groups is 2. The van der Waals surface area contributed by atoms with Gasteiger partial charge in [0.1, 0.15) is 0 Å². The van der Waals surface area contributed by atoms with E-state index in [-0.39, 0.29) is 5.95 Å². The first-order valence-corrected chi connectivity index (χ1v) is 16.1. The van der Waals surface area contributed by atoms with Crippen molar-refractivity contribution in [3.8, 4) is 22.6 Å². The molecule has 0 N–H and O–H groups in total. The first-order chi connectivity index (χ1) is 24.2. The van der Waals surface area contributed by atoms with Gasteiger partial charge in [-0.25, -0.2) is 14.9 Å². The van der Waals surface area contributed by atoms with Crippen molar-refractivity contribution in [2.45, 2.75) is 0 Å². The fourth-order valence-electron chi connectivity index (χ4n) is 7.53. The minimum atomic E-state index is -0.457. The van der Waals surface area contributed by atoms with E-state index >= 15 is 9.59 Å². The molecule has 49 heavy (non-hydrogen) atoms. The first kappa shape index (κ1) is 27.3. The summed E-state index contributed by atoms with van der Waals surface area (Å²) in [6.07, 6.45) is 1.60. The fraction of sp³-hybridized carbons (Fsp3) is 0. The van der Waals surface area contributed by atoms with E-state index < -0.39 is 11.8 Å². The molecule has 0 unspecified atom stereocenters. The molecular formula is C42H25N5O2. The number of fused-ring (bicyclic) bond motifs is 10. The summed E-state index contributed by atoms with van der Waals surface area (Å²) < 4.78 is 4.24. The topological polar surface area (TPSA) is 73.0 Å². The first-order valence-electron chi connectivity index (χ1n) is 16.1. The Morgan fingerprint density at radius 1 is 0.469 bits per heavy atom. The number of hydrogen-bond donors (Lipinski definition) is 0. The molecule has 0 saturated heterocycles. The zero-order valence-electron chi connectivity index (χ0n) is 26.0. The molecule has 1 aliphatic rings. The van der Waals surface area contributed by atoms with E-state index in [1.807, 2.05) is 115 Å². The van der Waals surface area contributed by atoms with Crippen LogP contribution in [0.1, 0.15) is 20.7 Å². The van der Waals surface area contributed by atoms with Gasteiger partial charge in [-0.1, -0.05) is 103 Å². The zero-order valence-corrected chi connectivity index (χ0v) is 26.0. The Balaban J connectivity index is 1.40. The highest BCUT2D eigenvalue weighted by molar-refractivity contribution is 6.45. The number of anilines is 1. The number of carbonyl (C=O) groups excluding carboxylic acids is 2. The van der Waals surface area contributed by atoms with Crippen LogP contribution in [0.15, 0.2) is 152 Å². The average molecular weight is 632 g/mol. The second kappa shape index (κ2) is 10.3. The van der Waals surface area contributed by atoms with Crippen molar-refractivity contribution in [1.29, 1.82) is 0 Å². The Morgan fingerprint density at radius 3 is 1.43 bits per heavy atom. The van der Waals surface area contributed by atoms with E-state index in [2.05, 4.69) is 38.4 Å². The number of nitrogens with zero attached hydrogens (tertiary/aromatic N) is 5. The molecular weight excluding hydrogens is 606 g/mol. The minimum Gasteiger partial charge on any atom is -0.308 e. The van der Waals surface area contributed by atoms with E-state index in [0.29, 0.717) is 27.9 Å². The third-order valence-corrected chi connectivity index (χ3v) is 9.50. The van der Waals surface area contributed by atoms with Crippen molar-refractivity contribution < 1.29 is 9.59 Å². The predicted molar refractivity (Wildman–Crippen MR) is 194 cm³/mol. The van der Waals surface area contributed by atoms with Gasteiger partial charge in [-0.15, -0.1) is 0 Å². The van der Waals surface area contributed by atoms with Crippen molar-refractivity contribution in [2.24, 2.45) is 0 Å². The fourth-order valence-corrected chi connectivity index (χ4v) is 7.53. The van der Waals surface area contributed by atoms with Crippen LogP contribution in [0.5, 0.6) is 0 Å². The van der Waals surface area contributed by atoms with Gasteiger partial charge in [0, 0.05) is 44.7 Å². The van der Waals surface area contributed by atoms with E-state index in [1.165, 1.54) is 0 Å². The highest BCUT2D eigenvalue weighted by atomic mass is 16.2. The molecule has 0 atom stereocenters. The molecule has 1 aliphatic heterocycles. The van der Waals surface area contributed by atoms with Gasteiger partial charge in [0.2, 0.25) is 5.95 Å². The third kappa shape index (κ3) is 3.78. The van der Waals surface area contributed by atoms with Crippen molar-refractivity contribution in [1.82, 2.24) is 19.1 Å². The molecule has 0 fully saturated rings. The van der Waals surface area contributed by atoms with Crippen LogP contribution < -0.4 is 4.90 Å². The number of hydrogen-bond acceptors (Lipinski definition) is 4. The minimum absolute atomic E-state index is 0.0404. The smallest absolute Gasteiger partial charge is 0.270 e. The van der Waals surface area contributed by atoms with Gasteiger partial charge in [0.25, 0.3) is 11.8 Å². The van der Waals surface area contributed by atoms with Gasteiger partial charge >= 0.3 is 0 Å². The molecule has 0 saturated carbocycles. The molecule has 10 rings (SSSR count). The predicted octanol–water partition coefficient (Wildman–Crippen LogP) is 9.14. The molecule has 0 spiro atoms. The van der Waals surface area contributed by atoms with Gasteiger partial charge in [-0.3, -0.25) is 9.59 Å². The van der Waals surface area contributed by atoms with Crippen molar-refractivity contribution >= 4 is 61.4 Å². The largest absolute Gasteiger partial charge is 0.308 e. The summed E-state index contributed by atoms with van der Waals surface area (Å²) >= 11 is 0. The van der Waals surface area contributed by atoms with E-state index in [1.54, 1.807) is 12.3 Å². The Hall–Kier alpha value is -6.86. The number of para-hydroxylation sites is 4. The monoisotopic (exact) mass is 631 g/mol. The number of benzene rings is 6. The van der Waals surface area contributed by atoms with Crippen LogP contribution in [0, 0.1) is 0 Å². The molecule has 7 heteroatoms. The SMILES string of the molecule is O=C1c2c(c3c(c4ccccc4n3-c3ccccc3)c3c4ccccc4n(-c4ccccc4)c23)C(=O)N1c1nccc(-c2ccccc2)n1. The van der Waals surface area contributed by atoms with Crippen LogP contribution in [0.25, 0.3) is 66.2 Å². The Kier molecular flexibility index (Phi) is 5.74. The van der Waals surface area contributed by atoms with E-state index in [0.717, 1.165) is 54.4 Å². The molecule has 2 amide bonds. The molecule has 230 valence electrons. The molecule has 0 aliphatic carbocycles. The van der Waals surface area contributed by atoms with Crippen LogP contribution in [0.3, 0.4) is 0 Å². The molecule has 0 radical (unpaired) electrons. The van der Waals surface area contributed by atoms with Crippen LogP contribution in [0.4, 0.5) is 5.95 Å². The maximum atomic E-state index is 15.0. The summed E-state index contributed by atoms with van der Waals surface area (Å²) in [4.78, 5) is 40.5. The van der Waals surface area contributed by atoms with Crippen molar-refractivity contribution in [3.05, 3.63) is 163 Å². The van der Waals surface area contributed by atoms with Crippen LogP contribution >= 0.6 is 0 Å². The van der Waals surface area contributed by atoms with E-state index in [9.17, 15) is 0 Å². The number of imide groups is 1. The standard InChI is InChI=1S/C42H25N5O2/c48-40-36-37(41(49)47(40)42-43-25-24-31(44-42)26-14-4-1-5-15-26)39-35(30-21-11-13-23-33(30)46(39)28-18-8-3-9-19-28)34-29-20-10-12-22-32(29)45(38(34)36)27-16-6-2-7-17-27/h1-25H. The van der Waals surface area contributed by atoms with Crippen LogP contribution in [0.2, 0.25) is 0 Å². The summed E-state index contributed by atoms with van der Waals surface area (Å²) in [6, 6.07) is 47.9. The Labute approximate surface area is 279 Å². The van der Waals surface area contributed by atoms with E-state index in [4.69, 9.17) is 4.98 Å². The molecule has 7 nitrogen and oxygen atoms in total. The molecule has 9 aromatic rings. The highest BCUT2D eigenvalue weighted by Crippen LogP contribution is 2.48. The number of rotatable bonds is 4. The third-order valence-electron chi connectivity index (χ3n) is 9.50. The molecule has 4 heterocycles. The number of aromatic nitrogens is 4. The summed E-state index contributed by atoms with van der Waals surface area (Å²) in [7, 11) is 0. The van der Waals surface area contributed by atoms with Crippen molar-refractivity contribution in [2.75, 3.05) is 4.90 Å². The maximum absolute atomic E-state index is 15.0. The van der Waals surface area contributed by atoms with Crippen molar-refractivity contribution in [3.63, 3.8) is 0 Å². The molecule has 0 bridgehead atoms. The van der Waals surface area contributed by atoms with Gasteiger partial charge < -0.3 is 9.13 Å². The lowest BCUT2D eigenvalue weighted by atomic mass is 9.98. The van der Waals surface area contributed by atoms with Crippen LogP contribution in [-0.2, 0) is 0 Å². The zero-order chi connectivity index (χ0) is 32.6. The Morgan fingerprint density at radius 2 is 0.918 bits per heavy atom. The molecule has 3 aromatic heterocycles. The molecule has 6 aromatic carbocycles. The lowest BCUT2D eigenvalue weighted by Gasteiger charge is -2.13. The lowest BCUT2D eigenvalue weighted by Crippen LogP contribution is -2.31. The van der Waals surface area contributed by atoms with Gasteiger partial charge in [-0.05, 0) is 42.5 Å². The normalized spacial score (nSPS) is 12.9. The van der Waals surface area contributed by atoms with Crippen LogP contribution in [-0.4, -0.2) is 30.9 Å². The second-order valence-corrected chi connectivity index (χ2v) is 12.1. The summed E-state index contributed by atoms with van der Waals surface area (Å²) in [5, 5.41) is 3.82. The summed E-state index contributed by atoms with van der Waals surface area (Å²) in [5.41, 5.74) is 7.19. The van der Waals surface area contributed by atoms with Gasteiger partial charge in [-0.2, -0.15) is 0 Å². The maximum Gasteiger partial charge on any atom is 0.270 e. The summed E-state index contributed by atoms with van der Waals surface area (Å²) in [5.74, 6) is -0.873.